The summed E-state index contributed by atoms with van der Waals surface area (Å²) in [6, 6.07) is 13.7. The standard InChI is InChI=1S/C29H34ClNO2/c1-6-23(20(2)3)14-13-21(4)31(19-22-9-7-11-25(30)17-22)29(32)27-12-8-10-24-15-16-26(33-5)18-28(24)27/h6-7,9,11,13-18,20,27H,4,8,10,12,19H2,1-3,5H3/b14-13-,23-6+. The molecule has 33 heavy (non-hydrogen) atoms. The molecule has 0 spiro atoms. The van der Waals surface area contributed by atoms with Gasteiger partial charge in [-0.05, 0) is 84.7 Å². The molecule has 3 rings (SSSR count). The van der Waals surface area contributed by atoms with Gasteiger partial charge in [0.25, 0.3) is 0 Å². The molecule has 4 heteroatoms. The van der Waals surface area contributed by atoms with Crippen molar-refractivity contribution in [1.82, 2.24) is 4.90 Å². The van der Waals surface area contributed by atoms with E-state index in [4.69, 9.17) is 16.3 Å². The fourth-order valence-corrected chi connectivity index (χ4v) is 4.60. The van der Waals surface area contributed by atoms with Crippen LogP contribution >= 0.6 is 11.6 Å². The molecule has 1 aliphatic rings. The molecule has 2 aromatic rings. The Labute approximate surface area is 203 Å². The Morgan fingerprint density at radius 2 is 2.03 bits per heavy atom. The van der Waals surface area contributed by atoms with Crippen LogP contribution in [-0.4, -0.2) is 17.9 Å². The van der Waals surface area contributed by atoms with Gasteiger partial charge in [-0.2, -0.15) is 0 Å². The molecular weight excluding hydrogens is 430 g/mol. The van der Waals surface area contributed by atoms with Crippen molar-refractivity contribution in [3.8, 4) is 5.75 Å². The van der Waals surface area contributed by atoms with E-state index >= 15 is 0 Å². The fraction of sp³-hybridized carbons (Fsp3) is 0.345. The quantitative estimate of drug-likeness (QED) is 0.380. The third-order valence-corrected chi connectivity index (χ3v) is 6.51. The van der Waals surface area contributed by atoms with Crippen LogP contribution in [0.1, 0.15) is 56.2 Å². The average Bonchev–Trinajstić information content (AvgIpc) is 2.81. The maximum absolute atomic E-state index is 14.0. The molecule has 1 atom stereocenters. The van der Waals surface area contributed by atoms with E-state index in [-0.39, 0.29) is 11.8 Å². The van der Waals surface area contributed by atoms with Gasteiger partial charge in [0.15, 0.2) is 0 Å². The van der Waals surface area contributed by atoms with E-state index in [1.807, 2.05) is 49.4 Å². The molecule has 0 radical (unpaired) electrons. The highest BCUT2D eigenvalue weighted by atomic mass is 35.5. The van der Waals surface area contributed by atoms with Gasteiger partial charge in [-0.1, -0.05) is 62.4 Å². The molecule has 1 amide bonds. The lowest BCUT2D eigenvalue weighted by Crippen LogP contribution is -2.35. The number of carbonyl (C=O) groups is 1. The minimum atomic E-state index is -0.223. The number of hydrogen-bond acceptors (Lipinski definition) is 2. The normalized spacial score (nSPS) is 16.1. The van der Waals surface area contributed by atoms with Gasteiger partial charge in [-0.25, -0.2) is 0 Å². The lowest BCUT2D eigenvalue weighted by Gasteiger charge is -2.31. The van der Waals surface area contributed by atoms with Crippen LogP contribution in [0.25, 0.3) is 0 Å². The number of fused-ring (bicyclic) bond motifs is 1. The summed E-state index contributed by atoms with van der Waals surface area (Å²) in [4.78, 5) is 15.8. The first-order valence-corrected chi connectivity index (χ1v) is 12.0. The van der Waals surface area contributed by atoms with Gasteiger partial charge < -0.3 is 9.64 Å². The monoisotopic (exact) mass is 463 g/mol. The highest BCUT2D eigenvalue weighted by Gasteiger charge is 2.31. The minimum Gasteiger partial charge on any atom is -0.497 e. The summed E-state index contributed by atoms with van der Waals surface area (Å²) in [5, 5.41) is 0.657. The molecular formula is C29H34ClNO2. The Balaban J connectivity index is 1.96. The number of halogens is 1. The predicted molar refractivity (Wildman–Crippen MR) is 138 cm³/mol. The molecule has 3 nitrogen and oxygen atoms in total. The van der Waals surface area contributed by atoms with E-state index < -0.39 is 0 Å². The van der Waals surface area contributed by atoms with Crippen LogP contribution in [0.3, 0.4) is 0 Å². The maximum Gasteiger partial charge on any atom is 0.234 e. The van der Waals surface area contributed by atoms with Crippen molar-refractivity contribution >= 4 is 17.5 Å². The number of ether oxygens (including phenoxy) is 1. The zero-order valence-electron chi connectivity index (χ0n) is 20.1. The number of nitrogens with zero attached hydrogens (tertiary/aromatic N) is 1. The van der Waals surface area contributed by atoms with Gasteiger partial charge in [0.05, 0.1) is 19.6 Å². The molecule has 0 saturated heterocycles. The first-order valence-electron chi connectivity index (χ1n) is 11.6. The molecule has 174 valence electrons. The molecule has 2 aromatic carbocycles. The van der Waals surface area contributed by atoms with Crippen molar-refractivity contribution in [2.24, 2.45) is 5.92 Å². The maximum atomic E-state index is 14.0. The van der Waals surface area contributed by atoms with Crippen molar-refractivity contribution in [2.45, 2.75) is 52.5 Å². The zero-order valence-corrected chi connectivity index (χ0v) is 20.9. The predicted octanol–water partition coefficient (Wildman–Crippen LogP) is 7.47. The van der Waals surface area contributed by atoms with Crippen LogP contribution in [0.5, 0.6) is 5.75 Å². The van der Waals surface area contributed by atoms with E-state index in [2.05, 4.69) is 38.6 Å². The molecule has 1 aliphatic carbocycles. The number of benzene rings is 2. The Kier molecular flexibility index (Phi) is 8.57. The number of hydrogen-bond donors (Lipinski definition) is 0. The summed E-state index contributed by atoms with van der Waals surface area (Å²) in [5.41, 5.74) is 5.14. The van der Waals surface area contributed by atoms with Crippen LogP contribution in [0.4, 0.5) is 0 Å². The van der Waals surface area contributed by atoms with Gasteiger partial charge >= 0.3 is 0 Å². The number of allylic oxidation sites excluding steroid dienone is 4. The number of rotatable bonds is 8. The second-order valence-corrected chi connectivity index (χ2v) is 9.27. The zero-order chi connectivity index (χ0) is 24.0. The van der Waals surface area contributed by atoms with Gasteiger partial charge in [-0.15, -0.1) is 0 Å². The average molecular weight is 464 g/mol. The summed E-state index contributed by atoms with van der Waals surface area (Å²) in [6.45, 7) is 11.0. The third kappa shape index (κ3) is 6.17. The lowest BCUT2D eigenvalue weighted by molar-refractivity contribution is -0.131. The third-order valence-electron chi connectivity index (χ3n) is 6.28. The second-order valence-electron chi connectivity index (χ2n) is 8.83. The Hall–Kier alpha value is -2.78. The van der Waals surface area contributed by atoms with E-state index in [0.29, 0.717) is 23.2 Å². The van der Waals surface area contributed by atoms with Crippen LogP contribution in [-0.2, 0) is 17.8 Å². The molecule has 0 bridgehead atoms. The van der Waals surface area contributed by atoms with E-state index in [1.165, 1.54) is 11.1 Å². The van der Waals surface area contributed by atoms with Crippen molar-refractivity contribution in [3.05, 3.63) is 100 Å². The lowest BCUT2D eigenvalue weighted by atomic mass is 9.81. The van der Waals surface area contributed by atoms with Gasteiger partial charge in [0.2, 0.25) is 5.91 Å². The van der Waals surface area contributed by atoms with Gasteiger partial charge in [0.1, 0.15) is 5.75 Å². The van der Waals surface area contributed by atoms with Crippen LogP contribution in [0.15, 0.2) is 78.5 Å². The summed E-state index contributed by atoms with van der Waals surface area (Å²) >= 11 is 6.23. The van der Waals surface area contributed by atoms with Crippen LogP contribution in [0, 0.1) is 5.92 Å². The molecule has 0 fully saturated rings. The van der Waals surface area contributed by atoms with Crippen molar-refractivity contribution in [3.63, 3.8) is 0 Å². The van der Waals surface area contributed by atoms with E-state index in [0.717, 1.165) is 36.1 Å². The van der Waals surface area contributed by atoms with E-state index in [1.54, 1.807) is 12.0 Å². The molecule has 0 aliphatic heterocycles. The number of aryl methyl sites for hydroxylation is 1. The minimum absolute atomic E-state index is 0.0606. The summed E-state index contributed by atoms with van der Waals surface area (Å²) < 4.78 is 5.45. The van der Waals surface area contributed by atoms with Crippen LogP contribution in [0.2, 0.25) is 5.02 Å². The molecule has 1 unspecified atom stereocenters. The van der Waals surface area contributed by atoms with Crippen molar-refractivity contribution in [1.29, 1.82) is 0 Å². The van der Waals surface area contributed by atoms with Crippen molar-refractivity contribution < 1.29 is 9.53 Å². The van der Waals surface area contributed by atoms with Gasteiger partial charge in [0, 0.05) is 10.7 Å². The highest BCUT2D eigenvalue weighted by molar-refractivity contribution is 6.30. The second kappa shape index (κ2) is 11.4. The SMILES string of the molecule is C=C(/C=C\C(=C/C)C(C)C)N(Cc1cccc(Cl)c1)C(=O)C1CCCc2ccc(OC)cc21. The van der Waals surface area contributed by atoms with Crippen molar-refractivity contribution in [2.75, 3.05) is 7.11 Å². The topological polar surface area (TPSA) is 29.5 Å². The Bertz CT molecular complexity index is 1070. The fourth-order valence-electron chi connectivity index (χ4n) is 4.39. The summed E-state index contributed by atoms with van der Waals surface area (Å²) in [7, 11) is 1.66. The first-order chi connectivity index (χ1) is 15.8. The smallest absolute Gasteiger partial charge is 0.234 e. The number of amides is 1. The highest BCUT2D eigenvalue weighted by Crippen LogP contribution is 2.36. The Morgan fingerprint density at radius 3 is 2.70 bits per heavy atom. The molecule has 0 saturated carbocycles. The first kappa shape index (κ1) is 24.9. The van der Waals surface area contributed by atoms with E-state index in [9.17, 15) is 4.79 Å². The van der Waals surface area contributed by atoms with Gasteiger partial charge in [-0.3, -0.25) is 4.79 Å². The molecule has 0 N–H and O–H groups in total. The number of methoxy groups -OCH3 is 1. The molecule has 0 aromatic heterocycles. The van der Waals surface area contributed by atoms with Crippen LogP contribution < -0.4 is 4.74 Å². The summed E-state index contributed by atoms with van der Waals surface area (Å²) in [5.74, 6) is 1.02. The largest absolute Gasteiger partial charge is 0.497 e. The Morgan fingerprint density at radius 1 is 1.24 bits per heavy atom. The number of carbonyl (C=O) groups excluding carboxylic acids is 1. The summed E-state index contributed by atoms with van der Waals surface area (Å²) in [6.07, 6.45) is 8.89. The molecule has 0 heterocycles.